The summed E-state index contributed by atoms with van der Waals surface area (Å²) in [6.45, 7) is 3.59. The van der Waals surface area contributed by atoms with Crippen molar-refractivity contribution >= 4 is 5.97 Å². The molecule has 1 aliphatic carbocycles. The maximum Gasteiger partial charge on any atom is 0.303 e. The summed E-state index contributed by atoms with van der Waals surface area (Å²) in [5, 5.41) is 0. The molecule has 0 radical (unpaired) electrons. The van der Waals surface area contributed by atoms with Gasteiger partial charge in [0.25, 0.3) is 0 Å². The number of pyridine rings is 1. The fourth-order valence-corrected chi connectivity index (χ4v) is 2.41. The number of fused-ring (bicyclic) bond motifs is 1. The largest absolute Gasteiger partial charge is 0.480 e. The van der Waals surface area contributed by atoms with E-state index in [1.807, 2.05) is 6.92 Å². The van der Waals surface area contributed by atoms with Crippen LogP contribution in [0.25, 0.3) is 0 Å². The maximum atomic E-state index is 11.1. The first-order valence-corrected chi connectivity index (χ1v) is 6.35. The van der Waals surface area contributed by atoms with Gasteiger partial charge in [-0.3, -0.25) is 9.78 Å². The van der Waals surface area contributed by atoms with Crippen molar-refractivity contribution in [3.63, 3.8) is 0 Å². The first-order valence-electron chi connectivity index (χ1n) is 6.35. The summed E-state index contributed by atoms with van der Waals surface area (Å²) in [5.74, 6) is 2.97. The Morgan fingerprint density at radius 2 is 2.42 bits per heavy atom. The summed E-state index contributed by atoms with van der Waals surface area (Å²) >= 11 is 0. The number of ether oxygens (including phenoxy) is 2. The monoisotopic (exact) mass is 259 g/mol. The zero-order chi connectivity index (χ0) is 13.8. The van der Waals surface area contributed by atoms with Gasteiger partial charge in [0.1, 0.15) is 18.5 Å². The summed E-state index contributed by atoms with van der Waals surface area (Å²) in [4.78, 5) is 15.6. The van der Waals surface area contributed by atoms with E-state index in [2.05, 4.69) is 10.9 Å². The highest BCUT2D eigenvalue weighted by Gasteiger charge is 2.27. The molecule has 1 aliphatic rings. The molecule has 0 N–H and O–H groups in total. The van der Waals surface area contributed by atoms with Crippen molar-refractivity contribution < 1.29 is 14.3 Å². The van der Waals surface area contributed by atoms with Crippen LogP contribution in [0.15, 0.2) is 6.20 Å². The van der Waals surface area contributed by atoms with Crippen molar-refractivity contribution in [1.82, 2.24) is 4.98 Å². The highest BCUT2D eigenvalue weighted by atomic mass is 16.5. The van der Waals surface area contributed by atoms with Gasteiger partial charge in [-0.2, -0.15) is 0 Å². The average molecular weight is 259 g/mol. The molecule has 0 aromatic carbocycles. The van der Waals surface area contributed by atoms with Crippen LogP contribution in [-0.2, 0) is 16.0 Å². The maximum absolute atomic E-state index is 11.1. The van der Waals surface area contributed by atoms with Crippen LogP contribution in [0.3, 0.4) is 0 Å². The zero-order valence-corrected chi connectivity index (χ0v) is 11.2. The molecule has 0 bridgehead atoms. The summed E-state index contributed by atoms with van der Waals surface area (Å²) in [6.07, 6.45) is 9.34. The molecule has 0 amide bonds. The Morgan fingerprint density at radius 3 is 3.11 bits per heavy atom. The first kappa shape index (κ1) is 13.4. The minimum absolute atomic E-state index is 0.232. The van der Waals surface area contributed by atoms with Crippen molar-refractivity contribution in [2.24, 2.45) is 0 Å². The van der Waals surface area contributed by atoms with Crippen LogP contribution in [0.4, 0.5) is 0 Å². The molecule has 1 aromatic rings. The number of esters is 1. The number of aryl methyl sites for hydroxylation is 1. The number of hydrogen-bond donors (Lipinski definition) is 0. The fourth-order valence-electron chi connectivity index (χ4n) is 2.41. The van der Waals surface area contributed by atoms with Gasteiger partial charge >= 0.3 is 5.97 Å². The highest BCUT2D eigenvalue weighted by molar-refractivity contribution is 5.66. The van der Waals surface area contributed by atoms with E-state index in [-0.39, 0.29) is 18.7 Å². The molecular formula is C15H17NO3. The van der Waals surface area contributed by atoms with Crippen LogP contribution in [0.1, 0.15) is 42.7 Å². The Kier molecular flexibility index (Phi) is 4.06. The molecule has 0 saturated carbocycles. The average Bonchev–Trinajstić information content (AvgIpc) is 2.37. The van der Waals surface area contributed by atoms with Gasteiger partial charge in [0.2, 0.25) is 0 Å². The molecule has 1 heterocycles. The van der Waals surface area contributed by atoms with Crippen LogP contribution in [0.5, 0.6) is 5.75 Å². The smallest absolute Gasteiger partial charge is 0.303 e. The number of hydrogen-bond acceptors (Lipinski definition) is 4. The number of carbonyl (C=O) groups is 1. The lowest BCUT2D eigenvalue weighted by Gasteiger charge is -2.26. The fraction of sp³-hybridized carbons (Fsp3) is 0.467. The third-order valence-corrected chi connectivity index (χ3v) is 3.14. The van der Waals surface area contributed by atoms with Crippen molar-refractivity contribution in [3.05, 3.63) is 23.0 Å². The van der Waals surface area contributed by atoms with Crippen LogP contribution in [0.2, 0.25) is 0 Å². The number of terminal acetylenes is 1. The molecule has 1 aromatic heterocycles. The SMILES string of the molecule is C#CCOc1c(C)cnc2c1CCCC2OC(C)=O. The second-order valence-electron chi connectivity index (χ2n) is 4.62. The minimum atomic E-state index is -0.286. The Balaban J connectivity index is 2.37. The van der Waals surface area contributed by atoms with E-state index in [0.717, 1.165) is 41.8 Å². The molecule has 4 nitrogen and oxygen atoms in total. The molecular weight excluding hydrogens is 242 g/mol. The van der Waals surface area contributed by atoms with E-state index in [4.69, 9.17) is 15.9 Å². The highest BCUT2D eigenvalue weighted by Crippen LogP contribution is 2.37. The van der Waals surface area contributed by atoms with Gasteiger partial charge in [0.15, 0.2) is 0 Å². The predicted molar refractivity (Wildman–Crippen MR) is 70.7 cm³/mol. The molecule has 2 rings (SSSR count). The number of nitrogens with zero attached hydrogens (tertiary/aromatic N) is 1. The van der Waals surface area contributed by atoms with E-state index in [1.165, 1.54) is 6.92 Å². The number of carbonyl (C=O) groups excluding carboxylic acids is 1. The predicted octanol–water partition coefficient (Wildman–Crippen LogP) is 2.34. The summed E-state index contributed by atoms with van der Waals surface area (Å²) in [6, 6.07) is 0. The second-order valence-corrected chi connectivity index (χ2v) is 4.62. The molecule has 0 spiro atoms. The normalized spacial score (nSPS) is 17.2. The lowest BCUT2D eigenvalue weighted by molar-refractivity contribution is -0.147. The van der Waals surface area contributed by atoms with Crippen LogP contribution >= 0.6 is 0 Å². The van der Waals surface area contributed by atoms with Crippen molar-refractivity contribution in [3.8, 4) is 18.1 Å². The van der Waals surface area contributed by atoms with Crippen LogP contribution < -0.4 is 4.74 Å². The van der Waals surface area contributed by atoms with Gasteiger partial charge in [-0.05, 0) is 26.2 Å². The molecule has 0 saturated heterocycles. The van der Waals surface area contributed by atoms with E-state index in [1.54, 1.807) is 6.20 Å². The van der Waals surface area contributed by atoms with E-state index in [9.17, 15) is 4.79 Å². The molecule has 0 fully saturated rings. The topological polar surface area (TPSA) is 48.4 Å². The van der Waals surface area contributed by atoms with Crippen LogP contribution in [0, 0.1) is 19.3 Å². The Morgan fingerprint density at radius 1 is 1.63 bits per heavy atom. The van der Waals surface area contributed by atoms with Crippen molar-refractivity contribution in [2.45, 2.75) is 39.2 Å². The number of rotatable bonds is 3. The molecule has 19 heavy (non-hydrogen) atoms. The van der Waals surface area contributed by atoms with Gasteiger partial charge in [0.05, 0.1) is 5.69 Å². The van der Waals surface area contributed by atoms with Gasteiger partial charge in [-0.15, -0.1) is 6.42 Å². The molecule has 100 valence electrons. The Labute approximate surface area is 113 Å². The second kappa shape index (κ2) is 5.75. The van der Waals surface area contributed by atoms with Crippen molar-refractivity contribution in [1.29, 1.82) is 0 Å². The summed E-state index contributed by atoms with van der Waals surface area (Å²) in [5.41, 5.74) is 2.78. The lowest BCUT2D eigenvalue weighted by Crippen LogP contribution is -2.18. The van der Waals surface area contributed by atoms with Crippen molar-refractivity contribution in [2.75, 3.05) is 6.61 Å². The van der Waals surface area contributed by atoms with Crippen LogP contribution in [-0.4, -0.2) is 17.6 Å². The molecule has 0 aliphatic heterocycles. The molecule has 4 heteroatoms. The van der Waals surface area contributed by atoms with E-state index in [0.29, 0.717) is 0 Å². The molecule has 1 unspecified atom stereocenters. The van der Waals surface area contributed by atoms with Gasteiger partial charge in [0, 0.05) is 24.2 Å². The quantitative estimate of drug-likeness (QED) is 0.617. The Hall–Kier alpha value is -2.02. The van der Waals surface area contributed by atoms with E-state index >= 15 is 0 Å². The van der Waals surface area contributed by atoms with Gasteiger partial charge < -0.3 is 9.47 Å². The summed E-state index contributed by atoms with van der Waals surface area (Å²) < 4.78 is 10.9. The molecule has 1 atom stereocenters. The minimum Gasteiger partial charge on any atom is -0.480 e. The van der Waals surface area contributed by atoms with Gasteiger partial charge in [-0.1, -0.05) is 5.92 Å². The summed E-state index contributed by atoms with van der Waals surface area (Å²) in [7, 11) is 0. The lowest BCUT2D eigenvalue weighted by atomic mass is 9.92. The third kappa shape index (κ3) is 2.87. The number of aromatic nitrogens is 1. The Bertz CT molecular complexity index is 531. The van der Waals surface area contributed by atoms with Gasteiger partial charge in [-0.25, -0.2) is 0 Å². The third-order valence-electron chi connectivity index (χ3n) is 3.14. The standard InChI is InChI=1S/C15H17NO3/c1-4-8-18-15-10(2)9-16-14-12(15)6-5-7-13(14)19-11(3)17/h1,9,13H,5-8H2,2-3H3. The first-order chi connectivity index (χ1) is 9.13. The zero-order valence-electron chi connectivity index (χ0n) is 11.2. The van der Waals surface area contributed by atoms with E-state index < -0.39 is 0 Å².